The second kappa shape index (κ2) is 3.88. The highest BCUT2D eigenvalue weighted by Crippen LogP contribution is 2.17. The first-order valence-electron chi connectivity index (χ1n) is 3.85. The lowest BCUT2D eigenvalue weighted by Gasteiger charge is -2.26. The molecule has 0 spiro atoms. The van der Waals surface area contributed by atoms with E-state index in [-0.39, 0.29) is 11.6 Å². The number of methoxy groups -OCH3 is 1. The van der Waals surface area contributed by atoms with Crippen molar-refractivity contribution in [2.24, 2.45) is 5.73 Å². The topological polar surface area (TPSA) is 35.2 Å². The molecule has 0 saturated carbocycles. The molecule has 0 saturated heterocycles. The molecule has 0 aliphatic heterocycles. The van der Waals surface area contributed by atoms with Crippen LogP contribution in [0.5, 0.6) is 0 Å². The van der Waals surface area contributed by atoms with Gasteiger partial charge in [-0.2, -0.15) is 0 Å². The van der Waals surface area contributed by atoms with Crippen molar-refractivity contribution in [3.63, 3.8) is 0 Å². The van der Waals surface area contributed by atoms with Crippen molar-refractivity contribution >= 4 is 0 Å². The summed E-state index contributed by atoms with van der Waals surface area (Å²) in [6, 6.07) is 0.0462. The van der Waals surface area contributed by atoms with Gasteiger partial charge in [-0.25, -0.2) is 0 Å². The molecule has 0 fully saturated rings. The molecule has 0 aliphatic rings. The quantitative estimate of drug-likeness (QED) is 0.630. The summed E-state index contributed by atoms with van der Waals surface area (Å²) in [7, 11) is 1.70. The lowest BCUT2D eigenvalue weighted by Crippen LogP contribution is -2.34. The summed E-state index contributed by atoms with van der Waals surface area (Å²) in [5.74, 6) is 0. The monoisotopic (exact) mass is 157 g/mol. The number of hydrogen-bond acceptors (Lipinski definition) is 2. The zero-order valence-electron chi connectivity index (χ0n) is 7.98. The molecule has 0 radical (unpaired) electrons. The molecule has 0 aromatic heterocycles. The Morgan fingerprint density at radius 3 is 2.36 bits per heavy atom. The van der Waals surface area contributed by atoms with Gasteiger partial charge in [0.15, 0.2) is 0 Å². The normalized spacial score (nSPS) is 14.6. The standard InChI is InChI=1S/C9H19NO/c1-7(2)8(10)6-9(3,4)11-5/h8H,1,6,10H2,2-5H3. The Hall–Kier alpha value is -0.340. The van der Waals surface area contributed by atoms with Crippen molar-refractivity contribution in [2.75, 3.05) is 7.11 Å². The Kier molecular flexibility index (Phi) is 3.76. The molecule has 0 bridgehead atoms. The third-order valence-electron chi connectivity index (χ3n) is 1.90. The molecule has 0 heterocycles. The zero-order chi connectivity index (χ0) is 9.07. The van der Waals surface area contributed by atoms with Crippen LogP contribution in [0.25, 0.3) is 0 Å². The summed E-state index contributed by atoms with van der Waals surface area (Å²) >= 11 is 0. The lowest BCUT2D eigenvalue weighted by atomic mass is 9.96. The van der Waals surface area contributed by atoms with Gasteiger partial charge in [-0.3, -0.25) is 0 Å². The van der Waals surface area contributed by atoms with Gasteiger partial charge >= 0.3 is 0 Å². The van der Waals surface area contributed by atoms with Gasteiger partial charge in [0.05, 0.1) is 5.60 Å². The molecule has 2 nitrogen and oxygen atoms in total. The molecule has 0 aliphatic carbocycles. The highest BCUT2D eigenvalue weighted by atomic mass is 16.5. The first-order chi connectivity index (χ1) is 4.89. The molecule has 66 valence electrons. The van der Waals surface area contributed by atoms with Crippen molar-refractivity contribution < 1.29 is 4.74 Å². The van der Waals surface area contributed by atoms with E-state index in [9.17, 15) is 0 Å². The van der Waals surface area contributed by atoms with E-state index >= 15 is 0 Å². The van der Waals surface area contributed by atoms with Crippen LogP contribution in [0.15, 0.2) is 12.2 Å². The number of ether oxygens (including phenoxy) is 1. The molecule has 2 N–H and O–H groups in total. The molecular weight excluding hydrogens is 138 g/mol. The lowest BCUT2D eigenvalue weighted by molar-refractivity contribution is 0.0125. The second-order valence-corrected chi connectivity index (χ2v) is 3.62. The van der Waals surface area contributed by atoms with E-state index in [0.717, 1.165) is 12.0 Å². The van der Waals surface area contributed by atoms with Gasteiger partial charge < -0.3 is 10.5 Å². The van der Waals surface area contributed by atoms with Crippen molar-refractivity contribution in [1.29, 1.82) is 0 Å². The maximum absolute atomic E-state index is 5.80. The van der Waals surface area contributed by atoms with Crippen LogP contribution in [-0.2, 0) is 4.74 Å². The fourth-order valence-corrected chi connectivity index (χ4v) is 0.787. The van der Waals surface area contributed by atoms with Crippen molar-refractivity contribution in [2.45, 2.75) is 38.8 Å². The highest BCUT2D eigenvalue weighted by Gasteiger charge is 2.20. The summed E-state index contributed by atoms with van der Waals surface area (Å²) in [6.45, 7) is 9.78. The van der Waals surface area contributed by atoms with Crippen LogP contribution in [-0.4, -0.2) is 18.8 Å². The van der Waals surface area contributed by atoms with Crippen molar-refractivity contribution in [3.8, 4) is 0 Å². The van der Waals surface area contributed by atoms with Gasteiger partial charge in [0.1, 0.15) is 0 Å². The number of rotatable bonds is 4. The average molecular weight is 157 g/mol. The SMILES string of the molecule is C=C(C)C(N)CC(C)(C)OC. The Morgan fingerprint density at radius 1 is 1.64 bits per heavy atom. The maximum atomic E-state index is 5.80. The van der Waals surface area contributed by atoms with Crippen LogP contribution < -0.4 is 5.73 Å². The van der Waals surface area contributed by atoms with Gasteiger partial charge in [0.25, 0.3) is 0 Å². The molecule has 0 rings (SSSR count). The predicted octanol–water partition coefficient (Wildman–Crippen LogP) is 1.70. The molecule has 11 heavy (non-hydrogen) atoms. The minimum absolute atomic E-state index is 0.0462. The number of hydrogen-bond donors (Lipinski definition) is 1. The Morgan fingerprint density at radius 2 is 2.09 bits per heavy atom. The highest BCUT2D eigenvalue weighted by molar-refractivity contribution is 5.01. The van der Waals surface area contributed by atoms with Gasteiger partial charge in [0.2, 0.25) is 0 Å². The van der Waals surface area contributed by atoms with E-state index in [0.29, 0.717) is 0 Å². The molecule has 1 atom stereocenters. The minimum atomic E-state index is -0.141. The van der Waals surface area contributed by atoms with Crippen LogP contribution in [0.3, 0.4) is 0 Å². The molecule has 0 amide bonds. The van der Waals surface area contributed by atoms with Gasteiger partial charge in [-0.1, -0.05) is 12.2 Å². The Bertz CT molecular complexity index is 140. The second-order valence-electron chi connectivity index (χ2n) is 3.62. The van der Waals surface area contributed by atoms with Crippen LogP contribution >= 0.6 is 0 Å². The Labute approximate surface area is 69.4 Å². The predicted molar refractivity (Wildman–Crippen MR) is 48.5 cm³/mol. The molecule has 2 heteroatoms. The fraction of sp³-hybridized carbons (Fsp3) is 0.778. The maximum Gasteiger partial charge on any atom is 0.0640 e. The first kappa shape index (κ1) is 10.7. The van der Waals surface area contributed by atoms with Crippen molar-refractivity contribution in [3.05, 3.63) is 12.2 Å². The largest absolute Gasteiger partial charge is 0.379 e. The summed E-state index contributed by atoms with van der Waals surface area (Å²) in [4.78, 5) is 0. The Balaban J connectivity index is 3.93. The third kappa shape index (κ3) is 4.17. The number of nitrogens with two attached hydrogens (primary N) is 1. The molecule has 1 unspecified atom stereocenters. The van der Waals surface area contributed by atoms with E-state index in [2.05, 4.69) is 6.58 Å². The van der Waals surface area contributed by atoms with Crippen LogP contribution in [0, 0.1) is 0 Å². The van der Waals surface area contributed by atoms with E-state index in [1.165, 1.54) is 0 Å². The zero-order valence-corrected chi connectivity index (χ0v) is 7.98. The molecular formula is C9H19NO. The van der Waals surface area contributed by atoms with Crippen molar-refractivity contribution in [1.82, 2.24) is 0 Å². The van der Waals surface area contributed by atoms with E-state index in [1.54, 1.807) is 7.11 Å². The van der Waals surface area contributed by atoms with E-state index in [4.69, 9.17) is 10.5 Å². The molecule has 0 aromatic carbocycles. The van der Waals surface area contributed by atoms with Crippen LogP contribution in [0.1, 0.15) is 27.2 Å². The van der Waals surface area contributed by atoms with Crippen LogP contribution in [0.4, 0.5) is 0 Å². The molecule has 0 aromatic rings. The summed E-state index contributed by atoms with van der Waals surface area (Å²) in [6.07, 6.45) is 0.818. The van der Waals surface area contributed by atoms with Gasteiger partial charge in [0, 0.05) is 13.2 Å². The third-order valence-corrected chi connectivity index (χ3v) is 1.90. The summed E-state index contributed by atoms with van der Waals surface area (Å²) < 4.78 is 5.24. The van der Waals surface area contributed by atoms with Gasteiger partial charge in [-0.05, 0) is 27.2 Å². The van der Waals surface area contributed by atoms with E-state index in [1.807, 2.05) is 20.8 Å². The smallest absolute Gasteiger partial charge is 0.0640 e. The average Bonchev–Trinajstić information content (AvgIpc) is 1.87. The van der Waals surface area contributed by atoms with Gasteiger partial charge in [-0.15, -0.1) is 0 Å². The fourth-order valence-electron chi connectivity index (χ4n) is 0.787. The van der Waals surface area contributed by atoms with Crippen LogP contribution in [0.2, 0.25) is 0 Å². The first-order valence-corrected chi connectivity index (χ1v) is 3.85. The minimum Gasteiger partial charge on any atom is -0.379 e. The summed E-state index contributed by atoms with van der Waals surface area (Å²) in [5.41, 5.74) is 6.67. The summed E-state index contributed by atoms with van der Waals surface area (Å²) in [5, 5.41) is 0. The van der Waals surface area contributed by atoms with E-state index < -0.39 is 0 Å².